The molecular weight excluding hydrogens is 461 g/mol. The van der Waals surface area contributed by atoms with E-state index in [1.807, 2.05) is 18.2 Å². The van der Waals surface area contributed by atoms with E-state index in [4.69, 9.17) is 5.73 Å². The summed E-state index contributed by atoms with van der Waals surface area (Å²) in [5.41, 5.74) is 8.32. The Bertz CT molecular complexity index is 540. The Morgan fingerprint density at radius 1 is 1.24 bits per heavy atom. The summed E-state index contributed by atoms with van der Waals surface area (Å²) in [5, 5.41) is 3.30. The molecule has 1 aromatic carbocycles. The molecule has 0 aliphatic rings. The number of rotatable bonds is 2. The lowest BCUT2D eigenvalue weighted by molar-refractivity contribution is 1.31. The van der Waals surface area contributed by atoms with Crippen molar-refractivity contribution in [1.82, 2.24) is 4.98 Å². The van der Waals surface area contributed by atoms with Gasteiger partial charge in [0.1, 0.15) is 0 Å². The Labute approximate surface area is 130 Å². The highest BCUT2D eigenvalue weighted by Crippen LogP contribution is 2.33. The summed E-state index contributed by atoms with van der Waals surface area (Å²) in [7, 11) is 0. The van der Waals surface area contributed by atoms with Gasteiger partial charge in [-0.05, 0) is 56.7 Å². The van der Waals surface area contributed by atoms with Crippen molar-refractivity contribution in [3.05, 3.63) is 43.1 Å². The van der Waals surface area contributed by atoms with Gasteiger partial charge in [0.15, 0.2) is 0 Å². The van der Waals surface area contributed by atoms with Gasteiger partial charge in [-0.2, -0.15) is 0 Å². The number of nitrogens with one attached hydrogen (secondary N) is 1. The molecule has 6 heteroatoms. The van der Waals surface area contributed by atoms with Crippen LogP contribution in [-0.2, 0) is 0 Å². The molecule has 0 radical (unpaired) electrons. The van der Waals surface area contributed by atoms with Crippen LogP contribution in [0.2, 0.25) is 0 Å². The van der Waals surface area contributed by atoms with E-state index in [0.29, 0.717) is 5.69 Å². The average Bonchev–Trinajstić information content (AvgIpc) is 2.28. The summed E-state index contributed by atoms with van der Waals surface area (Å²) in [4.78, 5) is 4.00. The molecule has 3 nitrogen and oxygen atoms in total. The van der Waals surface area contributed by atoms with E-state index >= 15 is 0 Å². The van der Waals surface area contributed by atoms with Crippen LogP contribution in [0.15, 0.2) is 39.5 Å². The first-order valence-electron chi connectivity index (χ1n) is 4.69. The number of pyridine rings is 1. The SMILES string of the molecule is Nc1cncc(Br)c1Nc1cc(Br)ccc1I. The molecule has 0 bridgehead atoms. The first-order valence-corrected chi connectivity index (χ1v) is 7.35. The van der Waals surface area contributed by atoms with Crippen LogP contribution >= 0.6 is 54.5 Å². The molecule has 1 aromatic heterocycles. The van der Waals surface area contributed by atoms with Gasteiger partial charge >= 0.3 is 0 Å². The fourth-order valence-electron chi connectivity index (χ4n) is 1.31. The summed E-state index contributed by atoms with van der Waals surface area (Å²) in [6, 6.07) is 6.03. The van der Waals surface area contributed by atoms with E-state index in [2.05, 4.69) is 64.8 Å². The molecule has 0 atom stereocenters. The first kappa shape index (κ1) is 13.1. The van der Waals surface area contributed by atoms with Crippen LogP contribution < -0.4 is 11.1 Å². The molecule has 2 aromatic rings. The van der Waals surface area contributed by atoms with Gasteiger partial charge in [0.05, 0.1) is 27.7 Å². The molecule has 17 heavy (non-hydrogen) atoms. The summed E-state index contributed by atoms with van der Waals surface area (Å²) >= 11 is 9.15. The predicted molar refractivity (Wildman–Crippen MR) is 86.5 cm³/mol. The second-order valence-corrected chi connectivity index (χ2v) is 6.27. The minimum atomic E-state index is 0.607. The van der Waals surface area contributed by atoms with Crippen LogP contribution in [0.3, 0.4) is 0 Å². The van der Waals surface area contributed by atoms with Gasteiger partial charge < -0.3 is 11.1 Å². The lowest BCUT2D eigenvalue weighted by atomic mass is 10.3. The second-order valence-electron chi connectivity index (χ2n) is 3.33. The van der Waals surface area contributed by atoms with Crippen LogP contribution in [-0.4, -0.2) is 4.98 Å². The zero-order chi connectivity index (χ0) is 12.4. The molecule has 0 fully saturated rings. The smallest absolute Gasteiger partial charge is 0.0794 e. The van der Waals surface area contributed by atoms with Crippen molar-refractivity contribution in [2.45, 2.75) is 0 Å². The second kappa shape index (κ2) is 5.53. The monoisotopic (exact) mass is 467 g/mol. The van der Waals surface area contributed by atoms with E-state index in [-0.39, 0.29) is 0 Å². The number of aromatic nitrogens is 1. The maximum atomic E-state index is 5.89. The fraction of sp³-hybridized carbons (Fsp3) is 0. The van der Waals surface area contributed by atoms with Crippen molar-refractivity contribution in [3.63, 3.8) is 0 Å². The molecule has 1 heterocycles. The Morgan fingerprint density at radius 3 is 2.71 bits per heavy atom. The van der Waals surface area contributed by atoms with E-state index in [0.717, 1.165) is 23.9 Å². The maximum absolute atomic E-state index is 5.89. The van der Waals surface area contributed by atoms with Crippen molar-refractivity contribution in [2.24, 2.45) is 0 Å². The number of anilines is 3. The molecule has 0 unspecified atom stereocenters. The van der Waals surface area contributed by atoms with Gasteiger partial charge in [0.2, 0.25) is 0 Å². The lowest BCUT2D eigenvalue weighted by Gasteiger charge is -2.12. The van der Waals surface area contributed by atoms with Crippen molar-refractivity contribution < 1.29 is 0 Å². The maximum Gasteiger partial charge on any atom is 0.0794 e. The standard InChI is InChI=1S/C11H8Br2IN3/c12-6-1-2-8(14)10(3-6)17-11-7(13)4-16-5-9(11)15/h1-5H,15H2,(H,16,17). The number of nitrogens with two attached hydrogens (primary N) is 1. The highest BCUT2D eigenvalue weighted by Gasteiger charge is 2.07. The summed E-state index contributed by atoms with van der Waals surface area (Å²) in [6.45, 7) is 0. The molecule has 2 rings (SSSR count). The minimum Gasteiger partial charge on any atom is -0.396 e. The first-order chi connectivity index (χ1) is 8.08. The number of halogens is 3. The van der Waals surface area contributed by atoms with Crippen molar-refractivity contribution in [2.75, 3.05) is 11.1 Å². The quantitative estimate of drug-likeness (QED) is 0.636. The molecule has 0 saturated carbocycles. The third-order valence-electron chi connectivity index (χ3n) is 2.12. The molecular formula is C11H8Br2IN3. The number of benzene rings is 1. The lowest BCUT2D eigenvalue weighted by Crippen LogP contribution is -1.99. The van der Waals surface area contributed by atoms with E-state index in [9.17, 15) is 0 Å². The Kier molecular flexibility index (Phi) is 4.26. The van der Waals surface area contributed by atoms with Gasteiger partial charge in [-0.3, -0.25) is 4.98 Å². The number of hydrogen-bond acceptors (Lipinski definition) is 3. The number of nitrogens with zero attached hydrogens (tertiary/aromatic N) is 1. The summed E-state index contributed by atoms with van der Waals surface area (Å²) in [6.07, 6.45) is 3.33. The molecule has 88 valence electrons. The van der Waals surface area contributed by atoms with Crippen molar-refractivity contribution in [3.8, 4) is 0 Å². The van der Waals surface area contributed by atoms with Gasteiger partial charge in [-0.15, -0.1) is 0 Å². The molecule has 0 aliphatic heterocycles. The molecule has 0 aliphatic carbocycles. The highest BCUT2D eigenvalue weighted by molar-refractivity contribution is 14.1. The Morgan fingerprint density at radius 2 is 2.00 bits per heavy atom. The zero-order valence-electron chi connectivity index (χ0n) is 8.55. The molecule has 0 spiro atoms. The van der Waals surface area contributed by atoms with Crippen molar-refractivity contribution in [1.29, 1.82) is 0 Å². The van der Waals surface area contributed by atoms with E-state index in [1.54, 1.807) is 12.4 Å². The topological polar surface area (TPSA) is 50.9 Å². The number of hydrogen-bond donors (Lipinski definition) is 2. The highest BCUT2D eigenvalue weighted by atomic mass is 127. The molecule has 3 N–H and O–H groups in total. The fourth-order valence-corrected chi connectivity index (χ4v) is 2.59. The van der Waals surface area contributed by atoms with Crippen LogP contribution in [0.25, 0.3) is 0 Å². The Balaban J connectivity index is 2.41. The third-order valence-corrected chi connectivity index (χ3v) is 4.15. The van der Waals surface area contributed by atoms with E-state index < -0.39 is 0 Å². The normalized spacial score (nSPS) is 10.3. The average molecular weight is 469 g/mol. The van der Waals surface area contributed by atoms with Crippen LogP contribution in [0, 0.1) is 3.57 Å². The summed E-state index contributed by atoms with van der Waals surface area (Å²) in [5.74, 6) is 0. The molecule has 0 amide bonds. The largest absolute Gasteiger partial charge is 0.396 e. The van der Waals surface area contributed by atoms with Crippen LogP contribution in [0.5, 0.6) is 0 Å². The van der Waals surface area contributed by atoms with E-state index in [1.165, 1.54) is 0 Å². The van der Waals surface area contributed by atoms with Gasteiger partial charge in [0.25, 0.3) is 0 Å². The third kappa shape index (κ3) is 3.11. The van der Waals surface area contributed by atoms with Gasteiger partial charge in [0, 0.05) is 14.2 Å². The zero-order valence-corrected chi connectivity index (χ0v) is 13.9. The van der Waals surface area contributed by atoms with Crippen LogP contribution in [0.4, 0.5) is 17.1 Å². The van der Waals surface area contributed by atoms with Crippen molar-refractivity contribution >= 4 is 71.5 Å². The van der Waals surface area contributed by atoms with Gasteiger partial charge in [-0.25, -0.2) is 0 Å². The van der Waals surface area contributed by atoms with Crippen LogP contribution in [0.1, 0.15) is 0 Å². The summed E-state index contributed by atoms with van der Waals surface area (Å²) < 4.78 is 2.98. The number of nitrogen functional groups attached to an aromatic ring is 1. The Hall–Kier alpha value is -0.340. The predicted octanol–water partition coefficient (Wildman–Crippen LogP) is 4.54. The molecule has 0 saturated heterocycles. The minimum absolute atomic E-state index is 0.607. The van der Waals surface area contributed by atoms with Gasteiger partial charge in [-0.1, -0.05) is 15.9 Å².